The number of nitrogens with one attached hydrogen (secondary N) is 1. The highest BCUT2D eigenvalue weighted by Gasteiger charge is 2.31. The van der Waals surface area contributed by atoms with Gasteiger partial charge in [-0.15, -0.1) is 0 Å². The second-order valence-corrected chi connectivity index (χ2v) is 5.91. The van der Waals surface area contributed by atoms with E-state index in [0.29, 0.717) is 23.3 Å². The molecule has 0 unspecified atom stereocenters. The molecule has 0 bridgehead atoms. The van der Waals surface area contributed by atoms with Crippen molar-refractivity contribution in [3.05, 3.63) is 0 Å². The van der Waals surface area contributed by atoms with Gasteiger partial charge in [-0.05, 0) is 25.7 Å². The molecule has 0 spiro atoms. The number of nitrogen functional groups attached to an aromatic ring is 1. The van der Waals surface area contributed by atoms with Gasteiger partial charge in [-0.3, -0.25) is 5.43 Å². The van der Waals surface area contributed by atoms with E-state index in [9.17, 15) is 0 Å². The maximum atomic E-state index is 5.48. The number of anilines is 3. The lowest BCUT2D eigenvalue weighted by Crippen LogP contribution is -2.29. The van der Waals surface area contributed by atoms with Crippen LogP contribution in [0.15, 0.2) is 0 Å². The fourth-order valence-corrected chi connectivity index (χ4v) is 2.49. The summed E-state index contributed by atoms with van der Waals surface area (Å²) in [5.74, 6) is 7.29. The summed E-state index contributed by atoms with van der Waals surface area (Å²) >= 11 is 0. The average molecular weight is 279 g/mol. The van der Waals surface area contributed by atoms with Crippen LogP contribution in [0.4, 0.5) is 17.8 Å². The van der Waals surface area contributed by atoms with Gasteiger partial charge in [0, 0.05) is 26.2 Å². The van der Waals surface area contributed by atoms with Crippen molar-refractivity contribution in [3.63, 3.8) is 0 Å². The molecule has 0 saturated carbocycles. The predicted molar refractivity (Wildman–Crippen MR) is 81.8 cm³/mol. The molecule has 1 aliphatic rings. The Morgan fingerprint density at radius 2 is 1.95 bits per heavy atom. The highest BCUT2D eigenvalue weighted by Crippen LogP contribution is 2.31. The molecule has 1 aromatic rings. The van der Waals surface area contributed by atoms with Gasteiger partial charge < -0.3 is 9.80 Å². The summed E-state index contributed by atoms with van der Waals surface area (Å²) in [5.41, 5.74) is 2.84. The van der Waals surface area contributed by atoms with Crippen molar-refractivity contribution in [3.8, 4) is 0 Å². The van der Waals surface area contributed by atoms with E-state index in [1.54, 1.807) is 0 Å². The summed E-state index contributed by atoms with van der Waals surface area (Å²) in [7, 11) is 0. The highest BCUT2D eigenvalue weighted by molar-refractivity contribution is 5.45. The number of aromatic nitrogens is 3. The number of nitrogens with two attached hydrogens (primary N) is 1. The van der Waals surface area contributed by atoms with Crippen molar-refractivity contribution >= 4 is 17.8 Å². The fourth-order valence-electron chi connectivity index (χ4n) is 2.49. The van der Waals surface area contributed by atoms with Crippen molar-refractivity contribution in [2.45, 2.75) is 34.1 Å². The standard InChI is InChI=1S/C13H25N7/c1-5-19(6-2)11-15-10(18-14)16-12(17-11)20-8-7-13(3,4)9-20/h5-9,14H2,1-4H3,(H,15,16,17,18). The predicted octanol–water partition coefficient (Wildman–Crippen LogP) is 1.24. The second kappa shape index (κ2) is 5.78. The SMILES string of the molecule is CCN(CC)c1nc(NN)nc(N2CCC(C)(C)C2)n1. The van der Waals surface area contributed by atoms with Crippen LogP contribution in [0.25, 0.3) is 0 Å². The minimum Gasteiger partial charge on any atom is -0.341 e. The topological polar surface area (TPSA) is 83.2 Å². The first-order chi connectivity index (χ1) is 9.49. The van der Waals surface area contributed by atoms with Crippen LogP contribution in [0.5, 0.6) is 0 Å². The van der Waals surface area contributed by atoms with E-state index in [4.69, 9.17) is 5.84 Å². The van der Waals surface area contributed by atoms with Crippen molar-refractivity contribution in [1.29, 1.82) is 0 Å². The molecular formula is C13H25N7. The van der Waals surface area contributed by atoms with Gasteiger partial charge >= 0.3 is 0 Å². The Labute approximate surface area is 120 Å². The Bertz CT molecular complexity index is 456. The third-order valence-electron chi connectivity index (χ3n) is 3.75. The first-order valence-electron chi connectivity index (χ1n) is 7.21. The van der Waals surface area contributed by atoms with Crippen LogP contribution in [0.2, 0.25) is 0 Å². The molecule has 0 aromatic carbocycles. The van der Waals surface area contributed by atoms with Gasteiger partial charge in [-0.25, -0.2) is 5.84 Å². The lowest BCUT2D eigenvalue weighted by molar-refractivity contribution is 0.418. The molecule has 1 aromatic heterocycles. The van der Waals surface area contributed by atoms with E-state index in [1.165, 1.54) is 0 Å². The van der Waals surface area contributed by atoms with Crippen molar-refractivity contribution < 1.29 is 0 Å². The van der Waals surface area contributed by atoms with Crippen LogP contribution >= 0.6 is 0 Å². The molecule has 0 amide bonds. The van der Waals surface area contributed by atoms with E-state index in [-0.39, 0.29) is 0 Å². The zero-order chi connectivity index (χ0) is 14.8. The Morgan fingerprint density at radius 3 is 2.45 bits per heavy atom. The van der Waals surface area contributed by atoms with Gasteiger partial charge in [0.1, 0.15) is 0 Å². The van der Waals surface area contributed by atoms with E-state index >= 15 is 0 Å². The molecule has 2 heterocycles. The Hall–Kier alpha value is -1.63. The maximum Gasteiger partial charge on any atom is 0.243 e. The third-order valence-corrected chi connectivity index (χ3v) is 3.75. The molecule has 1 aliphatic heterocycles. The van der Waals surface area contributed by atoms with Crippen molar-refractivity contribution in [2.75, 3.05) is 41.4 Å². The Kier molecular flexibility index (Phi) is 4.27. The molecule has 20 heavy (non-hydrogen) atoms. The second-order valence-electron chi connectivity index (χ2n) is 5.91. The zero-order valence-electron chi connectivity index (χ0n) is 12.8. The van der Waals surface area contributed by atoms with Crippen LogP contribution in [-0.2, 0) is 0 Å². The highest BCUT2D eigenvalue weighted by atomic mass is 15.4. The molecule has 7 heteroatoms. The van der Waals surface area contributed by atoms with E-state index < -0.39 is 0 Å². The Morgan fingerprint density at radius 1 is 1.25 bits per heavy atom. The van der Waals surface area contributed by atoms with Gasteiger partial charge in [-0.1, -0.05) is 13.8 Å². The molecule has 1 fully saturated rings. The molecule has 1 saturated heterocycles. The molecule has 0 aliphatic carbocycles. The molecule has 0 atom stereocenters. The molecular weight excluding hydrogens is 254 g/mol. The summed E-state index contributed by atoms with van der Waals surface area (Å²) in [5, 5.41) is 0. The smallest absolute Gasteiger partial charge is 0.243 e. The summed E-state index contributed by atoms with van der Waals surface area (Å²) in [6, 6.07) is 0. The van der Waals surface area contributed by atoms with Crippen molar-refractivity contribution in [2.24, 2.45) is 11.3 Å². The third kappa shape index (κ3) is 3.09. The zero-order valence-corrected chi connectivity index (χ0v) is 12.8. The molecule has 7 nitrogen and oxygen atoms in total. The number of hydrogen-bond acceptors (Lipinski definition) is 7. The molecule has 2 rings (SSSR count). The van der Waals surface area contributed by atoms with E-state index in [2.05, 4.69) is 57.9 Å². The number of nitrogens with zero attached hydrogens (tertiary/aromatic N) is 5. The van der Waals surface area contributed by atoms with Crippen LogP contribution in [-0.4, -0.2) is 41.1 Å². The summed E-state index contributed by atoms with van der Waals surface area (Å²) in [6.07, 6.45) is 1.14. The van der Waals surface area contributed by atoms with Gasteiger partial charge in [-0.2, -0.15) is 15.0 Å². The van der Waals surface area contributed by atoms with Gasteiger partial charge in [0.05, 0.1) is 0 Å². The van der Waals surface area contributed by atoms with Gasteiger partial charge in [0.2, 0.25) is 17.8 Å². The van der Waals surface area contributed by atoms with Gasteiger partial charge in [0.25, 0.3) is 0 Å². The molecule has 3 N–H and O–H groups in total. The maximum absolute atomic E-state index is 5.48. The normalized spacial score (nSPS) is 17.4. The minimum absolute atomic E-state index is 0.304. The fraction of sp³-hybridized carbons (Fsp3) is 0.769. The van der Waals surface area contributed by atoms with Crippen LogP contribution in [0.3, 0.4) is 0 Å². The number of hydrogen-bond donors (Lipinski definition) is 2. The Balaban J connectivity index is 2.31. The average Bonchev–Trinajstić information content (AvgIpc) is 2.80. The van der Waals surface area contributed by atoms with Crippen LogP contribution in [0.1, 0.15) is 34.1 Å². The minimum atomic E-state index is 0.304. The van der Waals surface area contributed by atoms with Crippen LogP contribution < -0.4 is 21.1 Å². The lowest BCUT2D eigenvalue weighted by Gasteiger charge is -2.23. The van der Waals surface area contributed by atoms with Crippen molar-refractivity contribution in [1.82, 2.24) is 15.0 Å². The monoisotopic (exact) mass is 279 g/mol. The van der Waals surface area contributed by atoms with Gasteiger partial charge in [0.15, 0.2) is 0 Å². The summed E-state index contributed by atoms with van der Waals surface area (Å²) < 4.78 is 0. The quantitative estimate of drug-likeness (QED) is 0.619. The first kappa shape index (κ1) is 14.8. The number of rotatable bonds is 5. The molecule has 0 radical (unpaired) electrons. The lowest BCUT2D eigenvalue weighted by atomic mass is 9.93. The summed E-state index contributed by atoms with van der Waals surface area (Å²) in [4.78, 5) is 17.6. The van der Waals surface area contributed by atoms with Crippen LogP contribution in [0, 0.1) is 5.41 Å². The number of hydrazine groups is 1. The van der Waals surface area contributed by atoms with E-state index in [0.717, 1.165) is 32.6 Å². The first-order valence-corrected chi connectivity index (χ1v) is 7.21. The largest absolute Gasteiger partial charge is 0.341 e. The molecule has 112 valence electrons. The summed E-state index contributed by atoms with van der Waals surface area (Å²) in [6.45, 7) is 12.3. The van der Waals surface area contributed by atoms with E-state index in [1.807, 2.05) is 0 Å².